The highest BCUT2D eigenvalue weighted by atomic mass is 32.1. The van der Waals surface area contributed by atoms with Gasteiger partial charge in [-0.05, 0) is 6.92 Å². The summed E-state index contributed by atoms with van der Waals surface area (Å²) in [6, 6.07) is 0. The van der Waals surface area contributed by atoms with E-state index in [1.165, 1.54) is 11.5 Å². The Bertz CT molecular complexity index is 222. The molecule has 0 aromatic carbocycles. The molecule has 1 aromatic heterocycles. The van der Waals surface area contributed by atoms with Gasteiger partial charge in [0.25, 0.3) is 0 Å². The Labute approximate surface area is 70.2 Å². The quantitative estimate of drug-likeness (QED) is 0.709. The molecule has 62 valence electrons. The summed E-state index contributed by atoms with van der Waals surface area (Å²) >= 11 is 1.41. The van der Waals surface area contributed by atoms with Crippen molar-refractivity contribution >= 4 is 16.7 Å². The zero-order valence-electron chi connectivity index (χ0n) is 6.74. The van der Waals surface area contributed by atoms with Crippen LogP contribution in [0.5, 0.6) is 0 Å². The van der Waals surface area contributed by atoms with Gasteiger partial charge >= 0.3 is 0 Å². The van der Waals surface area contributed by atoms with Gasteiger partial charge in [0, 0.05) is 31.7 Å². The Morgan fingerprint density at radius 3 is 2.82 bits per heavy atom. The molecule has 0 fully saturated rings. The standard InChI is InChI=1S/C6H12N4S/c1-5-8-6(11-9-5)10(2)4-3-7/h3-4,7H2,1-2H3. The first-order valence-corrected chi connectivity index (χ1v) is 4.23. The molecule has 0 spiro atoms. The van der Waals surface area contributed by atoms with Crippen molar-refractivity contribution in [1.29, 1.82) is 0 Å². The first-order valence-electron chi connectivity index (χ1n) is 3.45. The number of aryl methyl sites for hydroxylation is 1. The van der Waals surface area contributed by atoms with Crippen LogP contribution in [0, 0.1) is 6.92 Å². The Balaban J connectivity index is 2.60. The summed E-state index contributed by atoms with van der Waals surface area (Å²) in [5, 5.41) is 0.938. The van der Waals surface area contributed by atoms with Crippen molar-refractivity contribution in [2.75, 3.05) is 25.0 Å². The Kier molecular flexibility index (Phi) is 2.78. The molecule has 5 heteroatoms. The van der Waals surface area contributed by atoms with E-state index in [9.17, 15) is 0 Å². The van der Waals surface area contributed by atoms with Gasteiger partial charge in [0.2, 0.25) is 5.13 Å². The fraction of sp³-hybridized carbons (Fsp3) is 0.667. The summed E-state index contributed by atoms with van der Waals surface area (Å²) < 4.78 is 4.07. The highest BCUT2D eigenvalue weighted by molar-refractivity contribution is 7.09. The van der Waals surface area contributed by atoms with E-state index in [1.54, 1.807) is 0 Å². The lowest BCUT2D eigenvalue weighted by Crippen LogP contribution is -2.24. The molecule has 0 saturated heterocycles. The number of likely N-dealkylation sites (N-methyl/N-ethyl adjacent to an activating group) is 1. The highest BCUT2D eigenvalue weighted by Gasteiger charge is 2.03. The van der Waals surface area contributed by atoms with Crippen molar-refractivity contribution < 1.29 is 0 Å². The van der Waals surface area contributed by atoms with E-state index in [2.05, 4.69) is 9.36 Å². The Morgan fingerprint density at radius 2 is 2.36 bits per heavy atom. The van der Waals surface area contributed by atoms with Gasteiger partial charge < -0.3 is 10.6 Å². The molecule has 1 heterocycles. The van der Waals surface area contributed by atoms with E-state index in [0.29, 0.717) is 6.54 Å². The molecule has 0 aliphatic carbocycles. The van der Waals surface area contributed by atoms with Gasteiger partial charge in [0.15, 0.2) is 0 Å². The predicted molar refractivity (Wildman–Crippen MR) is 47.0 cm³/mol. The molecule has 0 radical (unpaired) electrons. The third kappa shape index (κ3) is 2.13. The molecular weight excluding hydrogens is 160 g/mol. The summed E-state index contributed by atoms with van der Waals surface area (Å²) in [6.07, 6.45) is 0. The zero-order chi connectivity index (χ0) is 8.27. The van der Waals surface area contributed by atoms with Crippen LogP contribution in [-0.2, 0) is 0 Å². The van der Waals surface area contributed by atoms with Gasteiger partial charge in [-0.2, -0.15) is 4.37 Å². The second-order valence-corrected chi connectivity index (χ2v) is 3.06. The van der Waals surface area contributed by atoms with Crippen molar-refractivity contribution in [1.82, 2.24) is 9.36 Å². The van der Waals surface area contributed by atoms with Crippen LogP contribution in [-0.4, -0.2) is 29.5 Å². The minimum atomic E-state index is 0.648. The molecular formula is C6H12N4S. The summed E-state index contributed by atoms with van der Waals surface area (Å²) in [4.78, 5) is 6.21. The van der Waals surface area contributed by atoms with Crippen LogP contribution in [0.1, 0.15) is 5.82 Å². The van der Waals surface area contributed by atoms with Gasteiger partial charge in [-0.15, -0.1) is 0 Å². The maximum absolute atomic E-state index is 5.39. The van der Waals surface area contributed by atoms with E-state index in [1.807, 2.05) is 18.9 Å². The lowest BCUT2D eigenvalue weighted by Gasteiger charge is -2.12. The topological polar surface area (TPSA) is 55.0 Å². The summed E-state index contributed by atoms with van der Waals surface area (Å²) in [5.41, 5.74) is 5.39. The molecule has 11 heavy (non-hydrogen) atoms. The second-order valence-electron chi connectivity index (χ2n) is 2.33. The van der Waals surface area contributed by atoms with E-state index in [0.717, 1.165) is 17.5 Å². The van der Waals surface area contributed by atoms with Crippen LogP contribution in [0.15, 0.2) is 0 Å². The molecule has 0 saturated carbocycles. The molecule has 1 aromatic rings. The van der Waals surface area contributed by atoms with Crippen LogP contribution in [0.3, 0.4) is 0 Å². The fourth-order valence-corrected chi connectivity index (χ4v) is 1.39. The van der Waals surface area contributed by atoms with Crippen molar-refractivity contribution in [3.05, 3.63) is 5.82 Å². The Hall–Kier alpha value is -0.680. The summed E-state index contributed by atoms with van der Waals surface area (Å²) in [5.74, 6) is 0.828. The smallest absolute Gasteiger partial charge is 0.204 e. The molecule has 0 bridgehead atoms. The summed E-state index contributed by atoms with van der Waals surface area (Å²) in [6.45, 7) is 3.36. The van der Waals surface area contributed by atoms with Gasteiger partial charge in [-0.3, -0.25) is 0 Å². The van der Waals surface area contributed by atoms with E-state index < -0.39 is 0 Å². The second kappa shape index (κ2) is 3.64. The molecule has 0 aliphatic heterocycles. The normalized spacial score (nSPS) is 10.1. The fourth-order valence-electron chi connectivity index (χ4n) is 0.730. The number of hydrogen-bond donors (Lipinski definition) is 1. The van der Waals surface area contributed by atoms with Gasteiger partial charge in [0.05, 0.1) is 0 Å². The highest BCUT2D eigenvalue weighted by Crippen LogP contribution is 2.13. The van der Waals surface area contributed by atoms with Crippen molar-refractivity contribution in [2.45, 2.75) is 6.92 Å². The minimum Gasteiger partial charge on any atom is -0.349 e. The van der Waals surface area contributed by atoms with E-state index in [4.69, 9.17) is 5.73 Å². The number of rotatable bonds is 3. The minimum absolute atomic E-state index is 0.648. The first kappa shape index (κ1) is 8.42. The third-order valence-electron chi connectivity index (χ3n) is 1.31. The molecule has 0 unspecified atom stereocenters. The predicted octanol–water partition coefficient (Wildman–Crippen LogP) is 0.241. The number of nitrogens with zero attached hydrogens (tertiary/aromatic N) is 3. The average Bonchev–Trinajstić information content (AvgIpc) is 2.36. The van der Waals surface area contributed by atoms with Gasteiger partial charge in [0.1, 0.15) is 5.82 Å². The zero-order valence-corrected chi connectivity index (χ0v) is 7.56. The number of hydrogen-bond acceptors (Lipinski definition) is 5. The van der Waals surface area contributed by atoms with Crippen molar-refractivity contribution in [3.8, 4) is 0 Å². The van der Waals surface area contributed by atoms with Crippen LogP contribution in [0.4, 0.5) is 5.13 Å². The van der Waals surface area contributed by atoms with Crippen LogP contribution in [0.2, 0.25) is 0 Å². The lowest BCUT2D eigenvalue weighted by atomic mass is 10.6. The largest absolute Gasteiger partial charge is 0.349 e. The van der Waals surface area contributed by atoms with Crippen molar-refractivity contribution in [3.63, 3.8) is 0 Å². The Morgan fingerprint density at radius 1 is 1.64 bits per heavy atom. The van der Waals surface area contributed by atoms with Crippen LogP contribution in [0.25, 0.3) is 0 Å². The molecule has 4 nitrogen and oxygen atoms in total. The SMILES string of the molecule is Cc1nsc(N(C)CCN)n1. The summed E-state index contributed by atoms with van der Waals surface area (Å²) in [7, 11) is 1.97. The molecule has 0 aliphatic rings. The molecule has 2 N–H and O–H groups in total. The maximum Gasteiger partial charge on any atom is 0.204 e. The van der Waals surface area contributed by atoms with Crippen LogP contribution < -0.4 is 10.6 Å². The van der Waals surface area contributed by atoms with Gasteiger partial charge in [-0.1, -0.05) is 0 Å². The van der Waals surface area contributed by atoms with E-state index >= 15 is 0 Å². The maximum atomic E-state index is 5.39. The number of aromatic nitrogens is 2. The monoisotopic (exact) mass is 172 g/mol. The number of nitrogens with two attached hydrogens (primary N) is 1. The lowest BCUT2D eigenvalue weighted by molar-refractivity contribution is 0.877. The first-order chi connectivity index (χ1) is 5.24. The molecule has 1 rings (SSSR count). The van der Waals surface area contributed by atoms with Gasteiger partial charge in [-0.25, -0.2) is 4.98 Å². The van der Waals surface area contributed by atoms with E-state index in [-0.39, 0.29) is 0 Å². The third-order valence-corrected chi connectivity index (χ3v) is 2.23. The molecule has 0 amide bonds. The average molecular weight is 172 g/mol. The van der Waals surface area contributed by atoms with Crippen LogP contribution >= 0.6 is 11.5 Å². The van der Waals surface area contributed by atoms with Crippen molar-refractivity contribution in [2.24, 2.45) is 5.73 Å². The number of anilines is 1. The molecule has 0 atom stereocenters.